The number of carbonyl (C=O) groups is 2. The average Bonchev–Trinajstić information content (AvgIpc) is 3.06. The minimum atomic E-state index is -0.422. The minimum Gasteiger partial charge on any atom is -0.493 e. The van der Waals surface area contributed by atoms with Crippen LogP contribution in [0.3, 0.4) is 0 Å². The van der Waals surface area contributed by atoms with E-state index in [-0.39, 0.29) is 11.5 Å². The van der Waals surface area contributed by atoms with Crippen LogP contribution < -0.4 is 14.4 Å². The van der Waals surface area contributed by atoms with Gasteiger partial charge in [-0.15, -0.1) is 0 Å². The maximum absolute atomic E-state index is 13.0. The van der Waals surface area contributed by atoms with Gasteiger partial charge in [-0.05, 0) is 59.8 Å². The number of methoxy groups -OCH3 is 1. The van der Waals surface area contributed by atoms with E-state index in [2.05, 4.69) is 0 Å². The van der Waals surface area contributed by atoms with Crippen molar-refractivity contribution in [3.05, 3.63) is 92.8 Å². The lowest BCUT2D eigenvalue weighted by Gasteiger charge is -2.14. The van der Waals surface area contributed by atoms with E-state index in [1.54, 1.807) is 67.8 Å². The number of para-hydroxylation sites is 1. The minimum absolute atomic E-state index is 0.277. The van der Waals surface area contributed by atoms with Crippen LogP contribution in [-0.2, 0) is 11.4 Å². The zero-order chi connectivity index (χ0) is 22.7. The number of hydrogen-bond donors (Lipinski definition) is 0. The van der Waals surface area contributed by atoms with Gasteiger partial charge in [0.05, 0.1) is 17.7 Å². The summed E-state index contributed by atoms with van der Waals surface area (Å²) in [6, 6.07) is 19.3. The standard InChI is InChI=1S/C24H17Cl2NO4S/c1-30-20-7-2-4-16(22(20)31-14-15-8-10-17(25)11-9-15)12-21-23(28)27(24(29)32-21)19-6-3-5-18(26)13-19/h2-13H,14H2,1H3/b21-12-. The van der Waals surface area contributed by atoms with Gasteiger partial charge in [-0.2, -0.15) is 0 Å². The molecule has 3 aromatic rings. The quantitative estimate of drug-likeness (QED) is 0.358. The predicted molar refractivity (Wildman–Crippen MR) is 129 cm³/mol. The molecule has 0 saturated carbocycles. The van der Waals surface area contributed by atoms with Crippen LogP contribution in [0.2, 0.25) is 10.0 Å². The Kier molecular flexibility index (Phi) is 6.74. The van der Waals surface area contributed by atoms with Crippen LogP contribution in [0.4, 0.5) is 10.5 Å². The zero-order valence-corrected chi connectivity index (χ0v) is 19.2. The summed E-state index contributed by atoms with van der Waals surface area (Å²) in [4.78, 5) is 26.9. The lowest BCUT2D eigenvalue weighted by atomic mass is 10.1. The van der Waals surface area contributed by atoms with Crippen molar-refractivity contribution >= 4 is 57.9 Å². The first-order chi connectivity index (χ1) is 15.5. The van der Waals surface area contributed by atoms with E-state index >= 15 is 0 Å². The Morgan fingerprint density at radius 1 is 0.969 bits per heavy atom. The van der Waals surface area contributed by atoms with Crippen molar-refractivity contribution in [2.75, 3.05) is 12.0 Å². The van der Waals surface area contributed by atoms with Gasteiger partial charge in [-0.3, -0.25) is 9.59 Å². The Bertz CT molecular complexity index is 1210. The van der Waals surface area contributed by atoms with Crippen molar-refractivity contribution in [1.82, 2.24) is 0 Å². The van der Waals surface area contributed by atoms with E-state index in [0.29, 0.717) is 32.8 Å². The fourth-order valence-electron chi connectivity index (χ4n) is 3.14. The number of benzene rings is 3. The fourth-order valence-corrected chi connectivity index (χ4v) is 4.29. The Morgan fingerprint density at radius 2 is 1.72 bits per heavy atom. The maximum Gasteiger partial charge on any atom is 0.298 e. The molecule has 3 aromatic carbocycles. The van der Waals surface area contributed by atoms with E-state index in [1.165, 1.54) is 0 Å². The molecule has 1 heterocycles. The molecule has 0 radical (unpaired) electrons. The summed E-state index contributed by atoms with van der Waals surface area (Å²) in [5.41, 5.74) is 1.97. The summed E-state index contributed by atoms with van der Waals surface area (Å²) in [5, 5.41) is 0.688. The molecule has 0 aliphatic carbocycles. The third-order valence-corrected chi connectivity index (χ3v) is 6.03. The van der Waals surface area contributed by atoms with Crippen molar-refractivity contribution in [3.8, 4) is 11.5 Å². The van der Waals surface area contributed by atoms with Crippen LogP contribution >= 0.6 is 35.0 Å². The second-order valence-corrected chi connectivity index (χ2v) is 8.66. The van der Waals surface area contributed by atoms with Crippen LogP contribution in [-0.4, -0.2) is 18.3 Å². The van der Waals surface area contributed by atoms with Crippen LogP contribution in [0.25, 0.3) is 6.08 Å². The molecule has 162 valence electrons. The second kappa shape index (κ2) is 9.69. The molecule has 1 aliphatic rings. The zero-order valence-electron chi connectivity index (χ0n) is 16.9. The van der Waals surface area contributed by atoms with Crippen molar-refractivity contribution in [2.45, 2.75) is 6.61 Å². The Balaban J connectivity index is 1.64. The first-order valence-electron chi connectivity index (χ1n) is 9.54. The topological polar surface area (TPSA) is 55.8 Å². The number of rotatable bonds is 6. The fraction of sp³-hybridized carbons (Fsp3) is 0.0833. The highest BCUT2D eigenvalue weighted by Crippen LogP contribution is 2.39. The van der Waals surface area contributed by atoms with Gasteiger partial charge in [-0.1, -0.05) is 53.5 Å². The summed E-state index contributed by atoms with van der Waals surface area (Å²) in [6.07, 6.45) is 1.63. The van der Waals surface area contributed by atoms with Gasteiger partial charge in [-0.25, -0.2) is 4.90 Å². The van der Waals surface area contributed by atoms with Gasteiger partial charge in [0, 0.05) is 15.6 Å². The lowest BCUT2D eigenvalue weighted by Crippen LogP contribution is -2.27. The predicted octanol–water partition coefficient (Wildman–Crippen LogP) is 6.82. The third-order valence-electron chi connectivity index (χ3n) is 4.67. The number of anilines is 1. The van der Waals surface area contributed by atoms with Crippen molar-refractivity contribution < 1.29 is 19.1 Å². The largest absolute Gasteiger partial charge is 0.493 e. The van der Waals surface area contributed by atoms with E-state index < -0.39 is 11.1 Å². The maximum atomic E-state index is 13.0. The molecule has 1 saturated heterocycles. The monoisotopic (exact) mass is 485 g/mol. The number of hydrogen-bond acceptors (Lipinski definition) is 5. The lowest BCUT2D eigenvalue weighted by molar-refractivity contribution is -0.113. The van der Waals surface area contributed by atoms with Crippen LogP contribution in [0.1, 0.15) is 11.1 Å². The van der Waals surface area contributed by atoms with Gasteiger partial charge < -0.3 is 9.47 Å². The molecule has 2 amide bonds. The molecule has 5 nitrogen and oxygen atoms in total. The first-order valence-corrected chi connectivity index (χ1v) is 11.1. The van der Waals surface area contributed by atoms with E-state index in [0.717, 1.165) is 22.2 Å². The normalized spacial score (nSPS) is 14.8. The molecule has 0 N–H and O–H groups in total. The number of halogens is 2. The first kappa shape index (κ1) is 22.3. The molecule has 1 aliphatic heterocycles. The molecule has 0 bridgehead atoms. The van der Waals surface area contributed by atoms with Gasteiger partial charge in [0.1, 0.15) is 6.61 Å². The molecular formula is C24H17Cl2NO4S. The smallest absolute Gasteiger partial charge is 0.298 e. The van der Waals surface area contributed by atoms with Gasteiger partial charge in [0.25, 0.3) is 11.1 Å². The van der Waals surface area contributed by atoms with Crippen LogP contribution in [0.15, 0.2) is 71.6 Å². The van der Waals surface area contributed by atoms with Crippen molar-refractivity contribution in [3.63, 3.8) is 0 Å². The SMILES string of the molecule is COc1cccc(/C=C2\SC(=O)N(c3cccc(Cl)c3)C2=O)c1OCc1ccc(Cl)cc1. The highest BCUT2D eigenvalue weighted by Gasteiger charge is 2.36. The number of ether oxygens (including phenoxy) is 2. The number of nitrogens with zero attached hydrogens (tertiary/aromatic N) is 1. The molecule has 0 aromatic heterocycles. The summed E-state index contributed by atoms with van der Waals surface area (Å²) in [6.45, 7) is 0.280. The second-order valence-electron chi connectivity index (χ2n) is 6.79. The summed E-state index contributed by atoms with van der Waals surface area (Å²) < 4.78 is 11.5. The summed E-state index contributed by atoms with van der Waals surface area (Å²) in [7, 11) is 1.54. The summed E-state index contributed by atoms with van der Waals surface area (Å²) in [5.74, 6) is 0.565. The van der Waals surface area contributed by atoms with Gasteiger partial charge >= 0.3 is 0 Å². The number of carbonyl (C=O) groups excluding carboxylic acids is 2. The highest BCUT2D eigenvalue weighted by molar-refractivity contribution is 8.19. The highest BCUT2D eigenvalue weighted by atomic mass is 35.5. The van der Waals surface area contributed by atoms with Crippen LogP contribution in [0.5, 0.6) is 11.5 Å². The Morgan fingerprint density at radius 3 is 2.44 bits per heavy atom. The van der Waals surface area contributed by atoms with Crippen molar-refractivity contribution in [1.29, 1.82) is 0 Å². The molecule has 0 atom stereocenters. The molecule has 0 unspecified atom stereocenters. The Labute approximate surface area is 199 Å². The average molecular weight is 486 g/mol. The summed E-state index contributed by atoms with van der Waals surface area (Å²) >= 11 is 12.8. The third kappa shape index (κ3) is 4.78. The van der Waals surface area contributed by atoms with E-state index in [4.69, 9.17) is 32.7 Å². The van der Waals surface area contributed by atoms with E-state index in [1.807, 2.05) is 12.1 Å². The van der Waals surface area contributed by atoms with Crippen molar-refractivity contribution in [2.24, 2.45) is 0 Å². The number of amides is 2. The number of imide groups is 1. The van der Waals surface area contributed by atoms with Gasteiger partial charge in [0.15, 0.2) is 11.5 Å². The van der Waals surface area contributed by atoms with E-state index in [9.17, 15) is 9.59 Å². The molecule has 1 fully saturated rings. The molecule has 8 heteroatoms. The van der Waals surface area contributed by atoms with Crippen LogP contribution in [0, 0.1) is 0 Å². The van der Waals surface area contributed by atoms with Gasteiger partial charge in [0.2, 0.25) is 0 Å². The molecule has 4 rings (SSSR count). The molecule has 32 heavy (non-hydrogen) atoms. The molecular weight excluding hydrogens is 469 g/mol. The molecule has 0 spiro atoms. The Hall–Kier alpha value is -2.93. The number of thioether (sulfide) groups is 1.